The number of hydrogen-bond acceptors (Lipinski definition) is 4. The van der Waals surface area contributed by atoms with Crippen LogP contribution in [0.3, 0.4) is 0 Å². The Kier molecular flexibility index (Phi) is 6.06. The molecule has 0 N–H and O–H groups in total. The number of ether oxygens (including phenoxy) is 2. The van der Waals surface area contributed by atoms with E-state index in [1.54, 1.807) is 6.08 Å². The van der Waals surface area contributed by atoms with Gasteiger partial charge in [-0.15, -0.1) is 0 Å². The molecule has 1 aliphatic rings. The van der Waals surface area contributed by atoms with Gasteiger partial charge in [0.25, 0.3) is 8.32 Å². The van der Waals surface area contributed by atoms with Crippen molar-refractivity contribution in [1.29, 1.82) is 0 Å². The van der Waals surface area contributed by atoms with Gasteiger partial charge in [0.2, 0.25) is 5.76 Å². The first-order valence-electron chi connectivity index (χ1n) is 9.60. The van der Waals surface area contributed by atoms with Gasteiger partial charge in [0.05, 0.1) is 19.8 Å². The van der Waals surface area contributed by atoms with E-state index in [0.29, 0.717) is 13.0 Å². The van der Waals surface area contributed by atoms with Crippen LogP contribution in [0.4, 0.5) is 0 Å². The molecule has 0 bridgehead atoms. The van der Waals surface area contributed by atoms with Crippen LogP contribution in [0.15, 0.2) is 72.5 Å². The van der Waals surface area contributed by atoms with Crippen molar-refractivity contribution in [2.75, 3.05) is 13.7 Å². The molecule has 0 amide bonds. The predicted octanol–water partition coefficient (Wildman–Crippen LogP) is 3.41. The molecule has 3 rings (SSSR count). The highest BCUT2D eigenvalue weighted by molar-refractivity contribution is 6.99. The van der Waals surface area contributed by atoms with Gasteiger partial charge in [0.1, 0.15) is 0 Å². The third-order valence-corrected chi connectivity index (χ3v) is 10.2. The van der Waals surface area contributed by atoms with E-state index in [0.717, 1.165) is 0 Å². The van der Waals surface area contributed by atoms with Gasteiger partial charge in [0, 0.05) is 6.42 Å². The zero-order valence-corrected chi connectivity index (χ0v) is 18.0. The third-order valence-electron chi connectivity index (χ3n) is 5.13. The van der Waals surface area contributed by atoms with E-state index in [2.05, 4.69) is 69.3 Å². The Labute approximate surface area is 168 Å². The number of hydrogen-bond donors (Lipinski definition) is 0. The highest BCUT2D eigenvalue weighted by Crippen LogP contribution is 2.38. The van der Waals surface area contributed by atoms with E-state index >= 15 is 0 Å². The van der Waals surface area contributed by atoms with Crippen LogP contribution in [-0.4, -0.2) is 34.1 Å². The lowest BCUT2D eigenvalue weighted by Crippen LogP contribution is -2.67. The fourth-order valence-electron chi connectivity index (χ4n) is 3.82. The number of esters is 1. The lowest BCUT2D eigenvalue weighted by atomic mass is 10.2. The number of benzene rings is 2. The van der Waals surface area contributed by atoms with E-state index in [1.807, 2.05) is 12.1 Å². The maximum absolute atomic E-state index is 12.0. The highest BCUT2D eigenvalue weighted by atomic mass is 28.4. The first kappa shape index (κ1) is 20.4. The topological polar surface area (TPSA) is 44.8 Å². The second kappa shape index (κ2) is 8.33. The molecule has 0 aromatic heterocycles. The lowest BCUT2D eigenvalue weighted by molar-refractivity contribution is -0.140. The number of rotatable bonds is 5. The fourth-order valence-corrected chi connectivity index (χ4v) is 8.48. The summed E-state index contributed by atoms with van der Waals surface area (Å²) >= 11 is 0. The summed E-state index contributed by atoms with van der Waals surface area (Å²) < 4.78 is 17.3. The van der Waals surface area contributed by atoms with Gasteiger partial charge < -0.3 is 13.9 Å². The zero-order valence-electron chi connectivity index (χ0n) is 17.0. The van der Waals surface area contributed by atoms with E-state index in [9.17, 15) is 4.79 Å². The van der Waals surface area contributed by atoms with Crippen molar-refractivity contribution in [3.63, 3.8) is 0 Å². The summed E-state index contributed by atoms with van der Waals surface area (Å²) in [5.74, 6) is -0.229. The Morgan fingerprint density at radius 1 is 1.00 bits per heavy atom. The third kappa shape index (κ3) is 3.91. The molecular formula is C23H28O4Si. The zero-order chi connectivity index (χ0) is 20.2. The molecule has 0 saturated carbocycles. The summed E-state index contributed by atoms with van der Waals surface area (Å²) in [6.45, 7) is 7.15. The minimum absolute atomic E-state index is 0.118. The SMILES string of the molecule is COC(=O)C1=CC(O[Si](c2ccccc2)(c2ccccc2)C(C)(C)C)CCO1. The largest absolute Gasteiger partial charge is 0.487 e. The molecule has 28 heavy (non-hydrogen) atoms. The number of carbonyl (C=O) groups excluding carboxylic acids is 1. The van der Waals surface area contributed by atoms with Crippen molar-refractivity contribution < 1.29 is 18.7 Å². The first-order chi connectivity index (χ1) is 13.4. The summed E-state index contributed by atoms with van der Waals surface area (Å²) in [4.78, 5) is 12.0. The van der Waals surface area contributed by atoms with Crippen LogP contribution in [0, 0.1) is 0 Å². The predicted molar refractivity (Wildman–Crippen MR) is 113 cm³/mol. The van der Waals surface area contributed by atoms with Gasteiger partial charge in [-0.2, -0.15) is 0 Å². The van der Waals surface area contributed by atoms with Crippen molar-refractivity contribution in [3.05, 3.63) is 72.5 Å². The van der Waals surface area contributed by atoms with Crippen molar-refractivity contribution in [2.45, 2.75) is 38.3 Å². The monoisotopic (exact) mass is 396 g/mol. The molecule has 1 atom stereocenters. The number of carbonyl (C=O) groups is 1. The summed E-state index contributed by atoms with van der Waals surface area (Å²) in [5, 5.41) is 2.31. The van der Waals surface area contributed by atoms with Gasteiger partial charge in [-0.1, -0.05) is 81.4 Å². The maximum atomic E-state index is 12.0. The van der Waals surface area contributed by atoms with Crippen LogP contribution in [-0.2, 0) is 18.7 Å². The van der Waals surface area contributed by atoms with Crippen molar-refractivity contribution >= 4 is 24.7 Å². The molecule has 1 unspecified atom stereocenters. The molecule has 1 aliphatic heterocycles. The highest BCUT2D eigenvalue weighted by Gasteiger charge is 2.51. The minimum atomic E-state index is -2.66. The molecule has 2 aromatic carbocycles. The van der Waals surface area contributed by atoms with Gasteiger partial charge in [-0.25, -0.2) is 4.79 Å². The summed E-state index contributed by atoms with van der Waals surface area (Å²) in [7, 11) is -1.30. The maximum Gasteiger partial charge on any atom is 0.373 e. The summed E-state index contributed by atoms with van der Waals surface area (Å²) in [5.41, 5.74) is 0. The van der Waals surface area contributed by atoms with E-state index in [-0.39, 0.29) is 16.9 Å². The van der Waals surface area contributed by atoms with Gasteiger partial charge in [-0.3, -0.25) is 0 Å². The second-order valence-electron chi connectivity index (χ2n) is 7.98. The molecule has 0 radical (unpaired) electrons. The minimum Gasteiger partial charge on any atom is -0.487 e. The molecule has 0 spiro atoms. The molecule has 4 nitrogen and oxygen atoms in total. The standard InChI is InChI=1S/C23H28O4Si/c1-23(2,3)28(19-11-7-5-8-12-19,20-13-9-6-10-14-20)27-18-15-16-26-21(17-18)22(24)25-4/h5-14,17-18H,15-16H2,1-4H3. The van der Waals surface area contributed by atoms with Gasteiger partial charge >= 0.3 is 5.97 Å². The van der Waals surface area contributed by atoms with Crippen LogP contribution >= 0.6 is 0 Å². The van der Waals surface area contributed by atoms with Crippen LogP contribution in [0.5, 0.6) is 0 Å². The van der Waals surface area contributed by atoms with Crippen LogP contribution in [0.1, 0.15) is 27.2 Å². The van der Waals surface area contributed by atoms with E-state index in [4.69, 9.17) is 13.9 Å². The Hall–Kier alpha value is -2.37. The van der Waals surface area contributed by atoms with Crippen LogP contribution in [0.2, 0.25) is 5.04 Å². The quantitative estimate of drug-likeness (QED) is 0.574. The van der Waals surface area contributed by atoms with Crippen LogP contribution < -0.4 is 10.4 Å². The molecule has 148 valence electrons. The Bertz CT molecular complexity index is 785. The van der Waals surface area contributed by atoms with Crippen molar-refractivity contribution in [3.8, 4) is 0 Å². The molecular weight excluding hydrogens is 368 g/mol. The normalized spacial score (nSPS) is 17.4. The average Bonchev–Trinajstić information content (AvgIpc) is 2.72. The molecule has 2 aromatic rings. The smallest absolute Gasteiger partial charge is 0.373 e. The lowest BCUT2D eigenvalue weighted by Gasteiger charge is -2.45. The molecule has 0 aliphatic carbocycles. The molecule has 1 heterocycles. The average molecular weight is 397 g/mol. The fraction of sp³-hybridized carbons (Fsp3) is 0.348. The Morgan fingerprint density at radius 2 is 1.54 bits per heavy atom. The van der Waals surface area contributed by atoms with E-state index in [1.165, 1.54) is 17.5 Å². The Morgan fingerprint density at radius 3 is 2.00 bits per heavy atom. The second-order valence-corrected chi connectivity index (χ2v) is 12.2. The van der Waals surface area contributed by atoms with Crippen LogP contribution in [0.25, 0.3) is 0 Å². The first-order valence-corrected chi connectivity index (χ1v) is 11.5. The van der Waals surface area contributed by atoms with Crippen molar-refractivity contribution in [2.24, 2.45) is 0 Å². The van der Waals surface area contributed by atoms with Gasteiger partial charge in [0.15, 0.2) is 0 Å². The molecule has 0 fully saturated rings. The molecule has 0 saturated heterocycles. The van der Waals surface area contributed by atoms with E-state index < -0.39 is 14.3 Å². The van der Waals surface area contributed by atoms with Crippen molar-refractivity contribution in [1.82, 2.24) is 0 Å². The Balaban J connectivity index is 2.13. The summed E-state index contributed by atoms with van der Waals surface area (Å²) in [6, 6.07) is 21.0. The van der Waals surface area contributed by atoms with Gasteiger partial charge in [-0.05, 0) is 21.5 Å². The molecule has 5 heteroatoms. The number of methoxy groups -OCH3 is 1. The summed E-state index contributed by atoms with van der Waals surface area (Å²) in [6.07, 6.45) is 2.26.